The van der Waals surface area contributed by atoms with Crippen LogP contribution in [0, 0.1) is 0 Å². The number of piperidine rings is 1. The highest BCUT2D eigenvalue weighted by Gasteiger charge is 2.21. The van der Waals surface area contributed by atoms with Crippen molar-refractivity contribution in [1.29, 1.82) is 0 Å². The molecule has 1 N–H and O–H groups in total. The lowest BCUT2D eigenvalue weighted by atomic mass is 10.0. The molecule has 1 aliphatic heterocycles. The Morgan fingerprint density at radius 1 is 0.963 bits per heavy atom. The second-order valence-electron chi connectivity index (χ2n) is 7.03. The zero-order chi connectivity index (χ0) is 19.1. The van der Waals surface area contributed by atoms with E-state index in [2.05, 4.69) is 34.5 Å². The van der Waals surface area contributed by atoms with Gasteiger partial charge in [-0.3, -0.25) is 14.5 Å². The maximum absolute atomic E-state index is 12.2. The Labute approximate surface area is 165 Å². The van der Waals surface area contributed by atoms with Crippen LogP contribution in [-0.4, -0.2) is 35.7 Å². The van der Waals surface area contributed by atoms with E-state index in [-0.39, 0.29) is 30.6 Å². The van der Waals surface area contributed by atoms with Crippen LogP contribution in [0.2, 0.25) is 5.02 Å². The molecule has 0 bridgehead atoms. The molecule has 1 heterocycles. The van der Waals surface area contributed by atoms with Crippen LogP contribution in [0.1, 0.15) is 41.6 Å². The van der Waals surface area contributed by atoms with Gasteiger partial charge in [0.25, 0.3) is 0 Å². The third-order valence-electron chi connectivity index (χ3n) is 4.95. The quantitative estimate of drug-likeness (QED) is 0.731. The molecule has 0 aromatic heterocycles. The number of hydrogen-bond acceptors (Lipinski definition) is 3. The van der Waals surface area contributed by atoms with Crippen LogP contribution in [0.15, 0.2) is 54.6 Å². The SMILES string of the molecule is O=C(CCC(=O)c1ccc(Cl)cc1)NC1CCN(Cc2ccccc2)CC1. The zero-order valence-corrected chi connectivity index (χ0v) is 16.1. The fraction of sp³-hybridized carbons (Fsp3) is 0.364. The molecule has 3 rings (SSSR count). The van der Waals surface area contributed by atoms with Gasteiger partial charge in [-0.05, 0) is 42.7 Å². The normalized spacial score (nSPS) is 15.4. The van der Waals surface area contributed by atoms with E-state index in [0.29, 0.717) is 10.6 Å². The number of likely N-dealkylation sites (tertiary alicyclic amines) is 1. The molecule has 4 nitrogen and oxygen atoms in total. The molecular weight excluding hydrogens is 360 g/mol. The fourth-order valence-corrected chi connectivity index (χ4v) is 3.51. The zero-order valence-electron chi connectivity index (χ0n) is 15.4. The minimum atomic E-state index is -0.0428. The summed E-state index contributed by atoms with van der Waals surface area (Å²) in [7, 11) is 0. The van der Waals surface area contributed by atoms with Crippen molar-refractivity contribution < 1.29 is 9.59 Å². The molecule has 0 saturated carbocycles. The minimum Gasteiger partial charge on any atom is -0.353 e. The smallest absolute Gasteiger partial charge is 0.220 e. The van der Waals surface area contributed by atoms with Gasteiger partial charge in [-0.15, -0.1) is 0 Å². The Morgan fingerprint density at radius 3 is 2.30 bits per heavy atom. The number of carbonyl (C=O) groups is 2. The molecule has 5 heteroatoms. The lowest BCUT2D eigenvalue weighted by molar-refractivity contribution is -0.122. The summed E-state index contributed by atoms with van der Waals surface area (Å²) in [6.45, 7) is 2.91. The van der Waals surface area contributed by atoms with E-state index in [0.717, 1.165) is 32.5 Å². The third-order valence-corrected chi connectivity index (χ3v) is 5.20. The first-order valence-corrected chi connectivity index (χ1v) is 9.82. The van der Waals surface area contributed by atoms with Crippen molar-refractivity contribution in [2.75, 3.05) is 13.1 Å². The molecule has 1 amide bonds. The van der Waals surface area contributed by atoms with Crippen LogP contribution in [0.4, 0.5) is 0 Å². The van der Waals surface area contributed by atoms with Crippen molar-refractivity contribution in [3.8, 4) is 0 Å². The number of Topliss-reactive ketones (excluding diaryl/α,β-unsaturated/α-hetero) is 1. The lowest BCUT2D eigenvalue weighted by Crippen LogP contribution is -2.44. The number of nitrogens with one attached hydrogen (secondary N) is 1. The lowest BCUT2D eigenvalue weighted by Gasteiger charge is -2.32. The van der Waals surface area contributed by atoms with Crippen LogP contribution in [-0.2, 0) is 11.3 Å². The average molecular weight is 385 g/mol. The molecule has 0 aliphatic carbocycles. The summed E-state index contributed by atoms with van der Waals surface area (Å²) in [5.74, 6) is -0.0710. The van der Waals surface area contributed by atoms with Gasteiger partial charge in [-0.1, -0.05) is 41.9 Å². The van der Waals surface area contributed by atoms with Gasteiger partial charge in [-0.25, -0.2) is 0 Å². The van der Waals surface area contributed by atoms with Gasteiger partial charge in [-0.2, -0.15) is 0 Å². The number of halogens is 1. The van der Waals surface area contributed by atoms with E-state index in [1.807, 2.05) is 6.07 Å². The van der Waals surface area contributed by atoms with E-state index in [1.165, 1.54) is 5.56 Å². The van der Waals surface area contributed by atoms with Gasteiger partial charge >= 0.3 is 0 Å². The van der Waals surface area contributed by atoms with E-state index < -0.39 is 0 Å². The molecule has 2 aromatic rings. The van der Waals surface area contributed by atoms with E-state index in [4.69, 9.17) is 11.6 Å². The van der Waals surface area contributed by atoms with Gasteiger partial charge in [0.1, 0.15) is 0 Å². The van der Waals surface area contributed by atoms with Crippen molar-refractivity contribution in [3.05, 3.63) is 70.7 Å². The van der Waals surface area contributed by atoms with Crippen molar-refractivity contribution in [2.24, 2.45) is 0 Å². The Morgan fingerprint density at radius 2 is 1.63 bits per heavy atom. The Kier molecular flexibility index (Phi) is 7.02. The van der Waals surface area contributed by atoms with Crippen LogP contribution in [0.3, 0.4) is 0 Å². The van der Waals surface area contributed by atoms with Gasteiger partial charge in [0, 0.05) is 49.1 Å². The van der Waals surface area contributed by atoms with Crippen LogP contribution < -0.4 is 5.32 Å². The largest absolute Gasteiger partial charge is 0.353 e. The second kappa shape index (κ2) is 9.67. The summed E-state index contributed by atoms with van der Waals surface area (Å²) in [5, 5.41) is 3.68. The summed E-state index contributed by atoms with van der Waals surface area (Å²) >= 11 is 5.83. The Hall–Kier alpha value is -2.17. The summed E-state index contributed by atoms with van der Waals surface area (Å²) < 4.78 is 0. The number of rotatable bonds is 7. The van der Waals surface area contributed by atoms with Gasteiger partial charge < -0.3 is 5.32 Å². The number of amides is 1. The molecule has 27 heavy (non-hydrogen) atoms. The average Bonchev–Trinajstić information content (AvgIpc) is 2.69. The first-order chi connectivity index (χ1) is 13.1. The van der Waals surface area contributed by atoms with Crippen molar-refractivity contribution in [3.63, 3.8) is 0 Å². The van der Waals surface area contributed by atoms with Gasteiger partial charge in [0.05, 0.1) is 0 Å². The van der Waals surface area contributed by atoms with Crippen LogP contribution in [0.5, 0.6) is 0 Å². The summed E-state index contributed by atoms with van der Waals surface area (Å²) in [5.41, 5.74) is 1.92. The molecule has 1 saturated heterocycles. The topological polar surface area (TPSA) is 49.4 Å². The summed E-state index contributed by atoms with van der Waals surface area (Å²) in [6.07, 6.45) is 2.35. The summed E-state index contributed by atoms with van der Waals surface area (Å²) in [4.78, 5) is 26.7. The molecular formula is C22H25ClN2O2. The monoisotopic (exact) mass is 384 g/mol. The van der Waals surface area contributed by atoms with E-state index in [1.54, 1.807) is 24.3 Å². The van der Waals surface area contributed by atoms with Gasteiger partial charge in [0.15, 0.2) is 5.78 Å². The molecule has 0 spiro atoms. The maximum atomic E-state index is 12.2. The highest BCUT2D eigenvalue weighted by atomic mass is 35.5. The van der Waals surface area contributed by atoms with Crippen molar-refractivity contribution >= 4 is 23.3 Å². The standard InChI is InChI=1S/C22H25ClN2O2/c23-19-8-6-18(7-9-19)21(26)10-11-22(27)24-20-12-14-25(15-13-20)16-17-4-2-1-3-5-17/h1-9,20H,10-16H2,(H,24,27). The van der Waals surface area contributed by atoms with Crippen LogP contribution >= 0.6 is 11.6 Å². The summed E-state index contributed by atoms with van der Waals surface area (Å²) in [6, 6.07) is 17.4. The number of nitrogens with zero attached hydrogens (tertiary/aromatic N) is 1. The molecule has 1 aliphatic rings. The fourth-order valence-electron chi connectivity index (χ4n) is 3.38. The molecule has 0 atom stereocenters. The Bertz CT molecular complexity index is 754. The molecule has 2 aromatic carbocycles. The van der Waals surface area contributed by atoms with Crippen LogP contribution in [0.25, 0.3) is 0 Å². The first kappa shape index (κ1) is 19.6. The predicted molar refractivity (Wildman–Crippen MR) is 108 cm³/mol. The Balaban J connectivity index is 1.36. The second-order valence-corrected chi connectivity index (χ2v) is 7.47. The highest BCUT2D eigenvalue weighted by molar-refractivity contribution is 6.30. The van der Waals surface area contributed by atoms with E-state index >= 15 is 0 Å². The molecule has 0 unspecified atom stereocenters. The predicted octanol–water partition coefficient (Wildman–Crippen LogP) is 4.08. The van der Waals surface area contributed by atoms with Gasteiger partial charge in [0.2, 0.25) is 5.91 Å². The van der Waals surface area contributed by atoms with E-state index in [9.17, 15) is 9.59 Å². The minimum absolute atomic E-state index is 0.0282. The number of hydrogen-bond donors (Lipinski definition) is 1. The molecule has 142 valence electrons. The highest BCUT2D eigenvalue weighted by Crippen LogP contribution is 2.15. The maximum Gasteiger partial charge on any atom is 0.220 e. The van der Waals surface area contributed by atoms with Crippen molar-refractivity contribution in [1.82, 2.24) is 10.2 Å². The third kappa shape index (κ3) is 6.19. The molecule has 0 radical (unpaired) electrons. The first-order valence-electron chi connectivity index (χ1n) is 9.44. The number of benzene rings is 2. The number of ketones is 1. The molecule has 1 fully saturated rings. The van der Waals surface area contributed by atoms with Crippen molar-refractivity contribution in [2.45, 2.75) is 38.3 Å². The number of carbonyl (C=O) groups excluding carboxylic acids is 2.